The maximum absolute atomic E-state index is 14.6. The summed E-state index contributed by atoms with van der Waals surface area (Å²) in [6.07, 6.45) is 0.871. The van der Waals surface area contributed by atoms with Gasteiger partial charge in [0, 0.05) is 34.1 Å². The summed E-state index contributed by atoms with van der Waals surface area (Å²) in [4.78, 5) is 29.9. The molecule has 0 fully saturated rings. The first-order valence-electron chi connectivity index (χ1n) is 14.8. The standard InChI is InChI=1S/C35H36Cl3N3O4S/c1-4-25(3)39-35(43)33(20-26-11-6-5-7-12-26)40(22-27-14-15-29(37)21-31(27)38)34(42)23-41(32-13-9-8-10-24(32)2)46(44,45)30-18-16-28(36)17-19-30/h5-19,21,25,33H,4,20,22-23H2,1-3H3,(H,39,43). The predicted octanol–water partition coefficient (Wildman–Crippen LogP) is 7.71. The van der Waals surface area contributed by atoms with Gasteiger partial charge in [-0.2, -0.15) is 0 Å². The van der Waals surface area contributed by atoms with Crippen LogP contribution in [0, 0.1) is 6.92 Å². The van der Waals surface area contributed by atoms with E-state index in [1.807, 2.05) is 44.2 Å². The lowest BCUT2D eigenvalue weighted by atomic mass is 10.0. The molecule has 2 amide bonds. The number of sulfonamides is 1. The summed E-state index contributed by atoms with van der Waals surface area (Å²) in [7, 11) is -4.25. The molecule has 0 aromatic heterocycles. The molecule has 46 heavy (non-hydrogen) atoms. The maximum atomic E-state index is 14.6. The Labute approximate surface area is 286 Å². The van der Waals surface area contributed by atoms with Crippen molar-refractivity contribution in [3.63, 3.8) is 0 Å². The number of para-hydroxylation sites is 1. The third-order valence-corrected chi connectivity index (χ3v) is 10.3. The van der Waals surface area contributed by atoms with Gasteiger partial charge in [0.15, 0.2) is 0 Å². The minimum atomic E-state index is -4.25. The number of carbonyl (C=O) groups excluding carboxylic acids is 2. The van der Waals surface area contributed by atoms with Crippen LogP contribution in [0.3, 0.4) is 0 Å². The molecule has 4 aromatic carbocycles. The second kappa shape index (κ2) is 15.8. The Hall–Kier alpha value is -3.56. The number of rotatable bonds is 13. The van der Waals surface area contributed by atoms with Crippen LogP contribution >= 0.6 is 34.8 Å². The smallest absolute Gasteiger partial charge is 0.264 e. The van der Waals surface area contributed by atoms with E-state index in [4.69, 9.17) is 34.8 Å². The molecule has 0 radical (unpaired) electrons. The minimum Gasteiger partial charge on any atom is -0.352 e. The molecule has 4 rings (SSSR count). The minimum absolute atomic E-state index is 0.0319. The van der Waals surface area contributed by atoms with Crippen molar-refractivity contribution >= 4 is 62.3 Å². The number of nitrogens with one attached hydrogen (secondary N) is 1. The molecule has 0 saturated carbocycles. The van der Waals surface area contributed by atoms with Crippen molar-refractivity contribution in [2.75, 3.05) is 10.8 Å². The first kappa shape index (κ1) is 35.3. The van der Waals surface area contributed by atoms with Gasteiger partial charge < -0.3 is 10.2 Å². The Kier molecular flexibility index (Phi) is 12.1. The normalized spacial score (nSPS) is 12.7. The number of anilines is 1. The van der Waals surface area contributed by atoms with Gasteiger partial charge in [0.05, 0.1) is 10.6 Å². The number of aryl methyl sites for hydroxylation is 1. The SMILES string of the molecule is CCC(C)NC(=O)C(Cc1ccccc1)N(Cc1ccc(Cl)cc1Cl)C(=O)CN(c1ccccc1C)S(=O)(=O)c1ccc(Cl)cc1. The number of amides is 2. The van der Waals surface area contributed by atoms with E-state index in [1.165, 1.54) is 29.2 Å². The van der Waals surface area contributed by atoms with Crippen molar-refractivity contribution < 1.29 is 18.0 Å². The largest absolute Gasteiger partial charge is 0.352 e. The van der Waals surface area contributed by atoms with Gasteiger partial charge in [-0.05, 0) is 79.4 Å². The second-order valence-corrected chi connectivity index (χ2v) is 14.2. The summed E-state index contributed by atoms with van der Waals surface area (Å²) in [5, 5.41) is 4.13. The van der Waals surface area contributed by atoms with Gasteiger partial charge in [-0.1, -0.05) is 96.3 Å². The third-order valence-electron chi connectivity index (χ3n) is 7.69. The Bertz CT molecular complexity index is 1770. The maximum Gasteiger partial charge on any atom is 0.264 e. The zero-order valence-electron chi connectivity index (χ0n) is 25.8. The second-order valence-electron chi connectivity index (χ2n) is 11.0. The molecule has 0 aliphatic carbocycles. The number of hydrogen-bond donors (Lipinski definition) is 1. The van der Waals surface area contributed by atoms with Crippen LogP contribution < -0.4 is 9.62 Å². The Morgan fingerprint density at radius 2 is 1.48 bits per heavy atom. The highest BCUT2D eigenvalue weighted by atomic mass is 35.5. The summed E-state index contributed by atoms with van der Waals surface area (Å²) in [6, 6.07) is 25.8. The lowest BCUT2D eigenvalue weighted by molar-refractivity contribution is -0.140. The summed E-state index contributed by atoms with van der Waals surface area (Å²) in [6.45, 7) is 4.96. The molecular weight excluding hydrogens is 665 g/mol. The van der Waals surface area contributed by atoms with Crippen LogP contribution in [0.2, 0.25) is 15.1 Å². The van der Waals surface area contributed by atoms with Crippen LogP contribution in [0.1, 0.15) is 37.0 Å². The van der Waals surface area contributed by atoms with Crippen LogP contribution in [0.25, 0.3) is 0 Å². The number of nitrogens with zero attached hydrogens (tertiary/aromatic N) is 2. The fraction of sp³-hybridized carbons (Fsp3) is 0.257. The molecule has 0 saturated heterocycles. The number of halogens is 3. The van der Waals surface area contributed by atoms with Crippen LogP contribution in [-0.2, 0) is 32.6 Å². The van der Waals surface area contributed by atoms with E-state index in [-0.39, 0.29) is 29.8 Å². The van der Waals surface area contributed by atoms with Crippen molar-refractivity contribution in [1.29, 1.82) is 0 Å². The third kappa shape index (κ3) is 8.82. The Morgan fingerprint density at radius 1 is 0.848 bits per heavy atom. The average molecular weight is 701 g/mol. The van der Waals surface area contributed by atoms with E-state index in [2.05, 4.69) is 5.32 Å². The van der Waals surface area contributed by atoms with Gasteiger partial charge in [-0.25, -0.2) is 8.42 Å². The first-order chi connectivity index (χ1) is 21.9. The quantitative estimate of drug-likeness (QED) is 0.155. The molecule has 0 aliphatic heterocycles. The van der Waals surface area contributed by atoms with Gasteiger partial charge in [0.25, 0.3) is 10.0 Å². The van der Waals surface area contributed by atoms with Gasteiger partial charge in [0.1, 0.15) is 12.6 Å². The van der Waals surface area contributed by atoms with Gasteiger partial charge in [-0.15, -0.1) is 0 Å². The molecule has 7 nitrogen and oxygen atoms in total. The van der Waals surface area contributed by atoms with Crippen LogP contribution in [0.15, 0.2) is 102 Å². The number of carbonyl (C=O) groups is 2. The Balaban J connectivity index is 1.84. The predicted molar refractivity (Wildman–Crippen MR) is 186 cm³/mol. The van der Waals surface area contributed by atoms with E-state index < -0.39 is 28.5 Å². The highest BCUT2D eigenvalue weighted by Crippen LogP contribution is 2.29. The van der Waals surface area contributed by atoms with E-state index in [0.29, 0.717) is 38.3 Å². The molecule has 242 valence electrons. The lowest BCUT2D eigenvalue weighted by Crippen LogP contribution is -2.54. The van der Waals surface area contributed by atoms with Gasteiger partial charge >= 0.3 is 0 Å². The number of benzene rings is 4. The van der Waals surface area contributed by atoms with E-state index in [1.54, 1.807) is 49.4 Å². The van der Waals surface area contributed by atoms with Gasteiger partial charge in [0.2, 0.25) is 11.8 Å². The molecule has 2 unspecified atom stereocenters. The van der Waals surface area contributed by atoms with Crippen molar-refractivity contribution in [1.82, 2.24) is 10.2 Å². The topological polar surface area (TPSA) is 86.8 Å². The number of hydrogen-bond acceptors (Lipinski definition) is 4. The molecule has 11 heteroatoms. The molecule has 1 N–H and O–H groups in total. The zero-order chi connectivity index (χ0) is 33.4. The highest BCUT2D eigenvalue weighted by molar-refractivity contribution is 7.92. The summed E-state index contributed by atoms with van der Waals surface area (Å²) < 4.78 is 29.4. The summed E-state index contributed by atoms with van der Waals surface area (Å²) in [5.41, 5.74) is 2.36. The summed E-state index contributed by atoms with van der Waals surface area (Å²) in [5.74, 6) is -0.952. The summed E-state index contributed by atoms with van der Waals surface area (Å²) >= 11 is 18.8. The van der Waals surface area contributed by atoms with Crippen molar-refractivity contribution in [2.45, 2.75) is 57.1 Å². The molecule has 2 atom stereocenters. The fourth-order valence-corrected chi connectivity index (χ4v) is 6.99. The molecule has 0 aliphatic rings. The van der Waals surface area contributed by atoms with Crippen LogP contribution in [0.5, 0.6) is 0 Å². The van der Waals surface area contributed by atoms with E-state index in [9.17, 15) is 18.0 Å². The zero-order valence-corrected chi connectivity index (χ0v) is 28.9. The molecule has 0 bridgehead atoms. The van der Waals surface area contributed by atoms with E-state index in [0.717, 1.165) is 9.87 Å². The van der Waals surface area contributed by atoms with Crippen LogP contribution in [0.4, 0.5) is 5.69 Å². The van der Waals surface area contributed by atoms with Crippen molar-refractivity contribution in [3.8, 4) is 0 Å². The fourth-order valence-electron chi connectivity index (χ4n) is 4.92. The van der Waals surface area contributed by atoms with Crippen molar-refractivity contribution in [2.24, 2.45) is 0 Å². The molecule has 0 heterocycles. The molecule has 0 spiro atoms. The molecular formula is C35H36Cl3N3O4S. The van der Waals surface area contributed by atoms with Crippen LogP contribution in [-0.4, -0.2) is 43.8 Å². The molecule has 4 aromatic rings. The lowest BCUT2D eigenvalue weighted by Gasteiger charge is -2.34. The first-order valence-corrected chi connectivity index (χ1v) is 17.4. The average Bonchev–Trinajstić information content (AvgIpc) is 3.03. The van der Waals surface area contributed by atoms with E-state index >= 15 is 0 Å². The van der Waals surface area contributed by atoms with Gasteiger partial charge in [-0.3, -0.25) is 13.9 Å². The monoisotopic (exact) mass is 699 g/mol. The van der Waals surface area contributed by atoms with Crippen molar-refractivity contribution in [3.05, 3.63) is 129 Å². The highest BCUT2D eigenvalue weighted by Gasteiger charge is 2.35. The Morgan fingerprint density at radius 3 is 2.11 bits per heavy atom.